The van der Waals surface area contributed by atoms with Crippen molar-refractivity contribution in [2.45, 2.75) is 53.1 Å². The molecule has 90 valence electrons. The van der Waals surface area contributed by atoms with E-state index in [4.69, 9.17) is 0 Å². The second kappa shape index (κ2) is 4.54. The number of aromatic nitrogens is 1. The van der Waals surface area contributed by atoms with Gasteiger partial charge in [0.05, 0.1) is 0 Å². The minimum Gasteiger partial charge on any atom is -0.305 e. The minimum atomic E-state index is 0.105. The molecule has 0 amide bonds. The Morgan fingerprint density at radius 3 is 2.12 bits per heavy atom. The molecule has 0 aromatic carbocycles. The quantitative estimate of drug-likeness (QED) is 0.824. The number of pyridine rings is 1. The van der Waals surface area contributed by atoms with Gasteiger partial charge in [-0.25, -0.2) is 0 Å². The summed E-state index contributed by atoms with van der Waals surface area (Å²) < 4.78 is 0. The van der Waals surface area contributed by atoms with Crippen LogP contribution in [0.2, 0.25) is 0 Å². The van der Waals surface area contributed by atoms with Crippen molar-refractivity contribution < 1.29 is 0 Å². The maximum absolute atomic E-state index is 4.21. The first-order chi connectivity index (χ1) is 7.20. The van der Waals surface area contributed by atoms with Crippen molar-refractivity contribution in [1.29, 1.82) is 0 Å². The Labute approximate surface area is 99.5 Å². The molecule has 0 spiro atoms. The van der Waals surface area contributed by atoms with Gasteiger partial charge in [-0.05, 0) is 37.8 Å². The number of hydrogen-bond acceptors (Lipinski definition) is 2. The highest BCUT2D eigenvalue weighted by molar-refractivity contribution is 5.17. The van der Waals surface area contributed by atoms with Crippen LogP contribution in [0.25, 0.3) is 0 Å². The normalized spacial score (nSPS) is 14.9. The molecule has 1 atom stereocenters. The van der Waals surface area contributed by atoms with E-state index in [1.165, 1.54) is 5.56 Å². The van der Waals surface area contributed by atoms with Crippen LogP contribution in [0.3, 0.4) is 0 Å². The Kier molecular flexibility index (Phi) is 3.74. The van der Waals surface area contributed by atoms with E-state index in [-0.39, 0.29) is 11.0 Å². The summed E-state index contributed by atoms with van der Waals surface area (Å²) in [6.45, 7) is 13.3. The van der Waals surface area contributed by atoms with Gasteiger partial charge in [0.1, 0.15) is 0 Å². The first-order valence-corrected chi connectivity index (χ1v) is 5.88. The zero-order chi connectivity index (χ0) is 12.4. The van der Waals surface area contributed by atoms with Gasteiger partial charge < -0.3 is 5.32 Å². The Hall–Kier alpha value is -0.890. The molecule has 2 nitrogen and oxygen atoms in total. The molecule has 0 aliphatic carbocycles. The molecule has 1 aromatic rings. The number of nitrogens with one attached hydrogen (secondary N) is 1. The third kappa shape index (κ3) is 3.93. The first-order valence-electron chi connectivity index (χ1n) is 5.88. The van der Waals surface area contributed by atoms with Crippen molar-refractivity contribution in [3.8, 4) is 0 Å². The zero-order valence-corrected chi connectivity index (χ0v) is 11.3. The van der Waals surface area contributed by atoms with Gasteiger partial charge >= 0.3 is 0 Å². The zero-order valence-electron chi connectivity index (χ0n) is 11.3. The minimum absolute atomic E-state index is 0.105. The van der Waals surface area contributed by atoms with Gasteiger partial charge in [-0.1, -0.05) is 26.8 Å². The smallest absolute Gasteiger partial charge is 0.0388 e. The van der Waals surface area contributed by atoms with E-state index < -0.39 is 0 Å². The van der Waals surface area contributed by atoms with Crippen molar-refractivity contribution in [2.75, 3.05) is 0 Å². The van der Waals surface area contributed by atoms with Crippen molar-refractivity contribution >= 4 is 0 Å². The molecule has 1 heterocycles. The Balaban J connectivity index is 2.98. The van der Waals surface area contributed by atoms with Crippen LogP contribution in [0, 0.1) is 5.41 Å². The molecule has 16 heavy (non-hydrogen) atoms. The molecule has 1 N–H and O–H groups in total. The maximum atomic E-state index is 4.21. The van der Waals surface area contributed by atoms with Crippen LogP contribution in [0.5, 0.6) is 0 Å². The molecule has 1 unspecified atom stereocenters. The standard InChI is InChI=1S/C14H24N2/c1-13(2,3)12(16-14(4,5)6)11-8-7-9-15-10-11/h7-10,12,16H,1-6H3. The monoisotopic (exact) mass is 220 g/mol. The van der Waals surface area contributed by atoms with Crippen LogP contribution in [0.15, 0.2) is 24.5 Å². The average Bonchev–Trinajstić information content (AvgIpc) is 2.13. The molecule has 0 aliphatic heterocycles. The number of rotatable bonds is 2. The molecular weight excluding hydrogens is 196 g/mol. The lowest BCUT2D eigenvalue weighted by atomic mass is 9.81. The van der Waals surface area contributed by atoms with Crippen LogP contribution in [0.4, 0.5) is 0 Å². The van der Waals surface area contributed by atoms with E-state index in [1.54, 1.807) is 0 Å². The fourth-order valence-electron chi connectivity index (χ4n) is 1.78. The summed E-state index contributed by atoms with van der Waals surface area (Å²) in [6.07, 6.45) is 3.77. The third-order valence-electron chi connectivity index (χ3n) is 2.46. The van der Waals surface area contributed by atoms with Crippen LogP contribution in [-0.2, 0) is 0 Å². The lowest BCUT2D eigenvalue weighted by Gasteiger charge is -2.37. The summed E-state index contributed by atoms with van der Waals surface area (Å²) in [4.78, 5) is 4.21. The van der Waals surface area contributed by atoms with Gasteiger partial charge in [0, 0.05) is 24.0 Å². The van der Waals surface area contributed by atoms with Crippen molar-refractivity contribution in [3.05, 3.63) is 30.1 Å². The van der Waals surface area contributed by atoms with Crippen molar-refractivity contribution in [2.24, 2.45) is 5.41 Å². The van der Waals surface area contributed by atoms with Crippen molar-refractivity contribution in [1.82, 2.24) is 10.3 Å². The fraction of sp³-hybridized carbons (Fsp3) is 0.643. The third-order valence-corrected chi connectivity index (χ3v) is 2.46. The molecule has 2 heteroatoms. The van der Waals surface area contributed by atoms with E-state index in [1.807, 2.05) is 18.5 Å². The molecular formula is C14H24N2. The molecule has 0 fully saturated rings. The van der Waals surface area contributed by atoms with E-state index in [0.717, 1.165) is 0 Å². The predicted molar refractivity (Wildman–Crippen MR) is 69.3 cm³/mol. The number of nitrogens with zero attached hydrogens (tertiary/aromatic N) is 1. The van der Waals surface area contributed by atoms with Gasteiger partial charge in [0.2, 0.25) is 0 Å². The summed E-state index contributed by atoms with van der Waals surface area (Å²) in [5.74, 6) is 0. The van der Waals surface area contributed by atoms with E-state index in [2.05, 4.69) is 57.9 Å². The van der Waals surface area contributed by atoms with Gasteiger partial charge in [0.15, 0.2) is 0 Å². The highest BCUT2D eigenvalue weighted by atomic mass is 15.0. The average molecular weight is 220 g/mol. The summed E-state index contributed by atoms with van der Waals surface area (Å²) in [6, 6.07) is 4.46. The molecule has 1 aromatic heterocycles. The van der Waals surface area contributed by atoms with Gasteiger partial charge in [-0.15, -0.1) is 0 Å². The molecule has 0 saturated carbocycles. The highest BCUT2D eigenvalue weighted by Gasteiger charge is 2.29. The Bertz CT molecular complexity index is 317. The lowest BCUT2D eigenvalue weighted by molar-refractivity contribution is 0.221. The van der Waals surface area contributed by atoms with Crippen LogP contribution in [-0.4, -0.2) is 10.5 Å². The fourth-order valence-corrected chi connectivity index (χ4v) is 1.78. The number of hydrogen-bond donors (Lipinski definition) is 1. The van der Waals surface area contributed by atoms with E-state index in [9.17, 15) is 0 Å². The largest absolute Gasteiger partial charge is 0.305 e. The lowest BCUT2D eigenvalue weighted by Crippen LogP contribution is -2.44. The molecule has 0 radical (unpaired) electrons. The van der Waals surface area contributed by atoms with Gasteiger partial charge in [-0.3, -0.25) is 4.98 Å². The predicted octanol–water partition coefficient (Wildman–Crippen LogP) is 3.56. The molecule has 0 bridgehead atoms. The van der Waals surface area contributed by atoms with Crippen molar-refractivity contribution in [3.63, 3.8) is 0 Å². The summed E-state index contributed by atoms with van der Waals surface area (Å²) in [5.41, 5.74) is 1.54. The summed E-state index contributed by atoms with van der Waals surface area (Å²) >= 11 is 0. The topological polar surface area (TPSA) is 24.9 Å². The molecule has 0 saturated heterocycles. The second-order valence-corrected chi connectivity index (χ2v) is 6.48. The SMILES string of the molecule is CC(C)(C)NC(c1cccnc1)C(C)(C)C. The van der Waals surface area contributed by atoms with Crippen LogP contribution < -0.4 is 5.32 Å². The first kappa shape index (κ1) is 13.2. The highest BCUT2D eigenvalue weighted by Crippen LogP contribution is 2.33. The summed E-state index contributed by atoms with van der Waals surface area (Å²) in [5, 5.41) is 3.67. The Morgan fingerprint density at radius 1 is 1.12 bits per heavy atom. The van der Waals surface area contributed by atoms with Crippen LogP contribution >= 0.6 is 0 Å². The Morgan fingerprint density at radius 2 is 1.75 bits per heavy atom. The summed E-state index contributed by atoms with van der Waals surface area (Å²) in [7, 11) is 0. The molecule has 1 rings (SSSR count). The van der Waals surface area contributed by atoms with Gasteiger partial charge in [-0.2, -0.15) is 0 Å². The van der Waals surface area contributed by atoms with E-state index in [0.29, 0.717) is 6.04 Å². The van der Waals surface area contributed by atoms with Gasteiger partial charge in [0.25, 0.3) is 0 Å². The van der Waals surface area contributed by atoms with E-state index >= 15 is 0 Å². The molecule has 0 aliphatic rings. The van der Waals surface area contributed by atoms with Crippen LogP contribution in [0.1, 0.15) is 53.1 Å². The second-order valence-electron chi connectivity index (χ2n) is 6.48. The maximum Gasteiger partial charge on any atom is 0.0388 e.